The number of Topliss-reactive ketones (excluding diaryl/α,β-unsaturated/α-hetero) is 1. The summed E-state index contributed by atoms with van der Waals surface area (Å²) in [5.74, 6) is 0.626. The molecule has 196 valence electrons. The lowest BCUT2D eigenvalue weighted by Gasteiger charge is -2.20. The van der Waals surface area contributed by atoms with Gasteiger partial charge in [-0.25, -0.2) is 14.4 Å². The number of hydrogen-bond acceptors (Lipinski definition) is 7. The van der Waals surface area contributed by atoms with Gasteiger partial charge in [0.25, 0.3) is 0 Å². The number of fused-ring (bicyclic) bond motifs is 2. The van der Waals surface area contributed by atoms with Crippen LogP contribution in [-0.2, 0) is 16.0 Å². The lowest BCUT2D eigenvalue weighted by atomic mass is 9.88. The fraction of sp³-hybridized carbons (Fsp3) is 0.407. The van der Waals surface area contributed by atoms with Crippen LogP contribution < -0.4 is 20.1 Å². The predicted octanol–water partition coefficient (Wildman–Crippen LogP) is 5.05. The highest BCUT2D eigenvalue weighted by Gasteiger charge is 2.25. The highest BCUT2D eigenvalue weighted by atomic mass is 35.5. The zero-order valence-electron chi connectivity index (χ0n) is 20.9. The molecule has 0 saturated carbocycles. The van der Waals surface area contributed by atoms with E-state index < -0.39 is 12.6 Å². The molecule has 4 rings (SSSR count). The van der Waals surface area contributed by atoms with Gasteiger partial charge in [0.15, 0.2) is 11.5 Å². The van der Waals surface area contributed by atoms with Crippen LogP contribution in [-0.4, -0.2) is 48.1 Å². The van der Waals surface area contributed by atoms with Crippen molar-refractivity contribution in [3.8, 4) is 11.5 Å². The van der Waals surface area contributed by atoms with Gasteiger partial charge >= 0.3 is 0 Å². The third-order valence-corrected chi connectivity index (χ3v) is 6.45. The number of amides is 1. The Bertz CT molecular complexity index is 1290. The molecule has 0 unspecified atom stereocenters. The van der Waals surface area contributed by atoms with Gasteiger partial charge in [-0.3, -0.25) is 9.59 Å². The molecule has 2 bridgehead atoms. The maximum absolute atomic E-state index is 13.1. The molecule has 0 saturated heterocycles. The van der Waals surface area contributed by atoms with Gasteiger partial charge < -0.3 is 20.1 Å². The van der Waals surface area contributed by atoms with Crippen LogP contribution in [0.25, 0.3) is 10.9 Å². The molecule has 1 atom stereocenters. The molecule has 1 aliphatic rings. The molecule has 1 amide bonds. The molecule has 10 heteroatoms. The molecule has 0 spiro atoms. The normalized spacial score (nSPS) is 17.1. The Labute approximate surface area is 219 Å². The summed E-state index contributed by atoms with van der Waals surface area (Å²) in [5, 5.41) is 7.37. The van der Waals surface area contributed by atoms with Gasteiger partial charge in [0.2, 0.25) is 5.91 Å². The first-order valence-electron chi connectivity index (χ1n) is 12.3. The number of rotatable bonds is 4. The van der Waals surface area contributed by atoms with Gasteiger partial charge in [0.05, 0.1) is 12.1 Å². The van der Waals surface area contributed by atoms with Crippen molar-refractivity contribution in [3.05, 3.63) is 47.2 Å². The van der Waals surface area contributed by atoms with Crippen LogP contribution in [0.4, 0.5) is 15.9 Å². The van der Waals surface area contributed by atoms with Crippen LogP contribution in [0.1, 0.15) is 32.3 Å². The van der Waals surface area contributed by atoms with Crippen LogP contribution in [0.15, 0.2) is 36.7 Å². The van der Waals surface area contributed by atoms with E-state index in [4.69, 9.17) is 21.1 Å². The number of nitrogens with one attached hydrogen (secondary N) is 2. The zero-order valence-corrected chi connectivity index (χ0v) is 21.6. The van der Waals surface area contributed by atoms with Gasteiger partial charge in [-0.15, -0.1) is 0 Å². The van der Waals surface area contributed by atoms with E-state index in [0.29, 0.717) is 51.9 Å². The Kier molecular flexibility index (Phi) is 8.76. The molecule has 2 heterocycles. The number of carbonyl (C=O) groups excluding carboxylic acids is 2. The van der Waals surface area contributed by atoms with Crippen molar-refractivity contribution in [3.63, 3.8) is 0 Å². The first kappa shape index (κ1) is 26.6. The highest BCUT2D eigenvalue weighted by Crippen LogP contribution is 2.36. The average Bonchev–Trinajstić information content (AvgIpc) is 2.87. The molecule has 2 N–H and O–H groups in total. The lowest BCUT2D eigenvalue weighted by Crippen LogP contribution is -2.36. The number of hydrogen-bond donors (Lipinski definition) is 2. The van der Waals surface area contributed by atoms with Gasteiger partial charge in [-0.05, 0) is 36.1 Å². The van der Waals surface area contributed by atoms with Crippen LogP contribution in [0, 0.1) is 11.8 Å². The molecular weight excluding hydrogens is 499 g/mol. The van der Waals surface area contributed by atoms with Gasteiger partial charge in [-0.2, -0.15) is 0 Å². The zero-order chi connectivity index (χ0) is 26.4. The molecule has 1 aliphatic heterocycles. The van der Waals surface area contributed by atoms with E-state index in [1.165, 1.54) is 6.33 Å². The minimum absolute atomic E-state index is 0.00362. The molecule has 0 radical (unpaired) electrons. The smallest absolute Gasteiger partial charge is 0.223 e. The summed E-state index contributed by atoms with van der Waals surface area (Å²) in [6.07, 6.45) is 2.21. The largest absolute Gasteiger partial charge is 0.490 e. The molecule has 0 aliphatic carbocycles. The van der Waals surface area contributed by atoms with Crippen LogP contribution in [0.5, 0.6) is 11.5 Å². The average molecular weight is 529 g/mol. The number of halogens is 2. The van der Waals surface area contributed by atoms with Crippen molar-refractivity contribution in [2.75, 3.05) is 31.7 Å². The second-order valence-electron chi connectivity index (χ2n) is 9.27. The van der Waals surface area contributed by atoms with Crippen molar-refractivity contribution in [2.45, 2.75) is 33.1 Å². The fourth-order valence-corrected chi connectivity index (χ4v) is 4.41. The summed E-state index contributed by atoms with van der Waals surface area (Å²) in [7, 11) is 0. The molecule has 3 aromatic rings. The quantitative estimate of drug-likeness (QED) is 0.488. The Morgan fingerprint density at radius 1 is 1.22 bits per heavy atom. The SMILES string of the molecule is CC(C)[C@@H]1CC(=O)Cc2ccc(Cl)cc2Nc2ncnc3cc(OCCF)c(cc23)OCCCNC1=O. The number of anilines is 2. The van der Waals surface area contributed by atoms with Crippen molar-refractivity contribution >= 4 is 45.7 Å². The van der Waals surface area contributed by atoms with E-state index in [1.807, 2.05) is 13.8 Å². The molecule has 0 fully saturated rings. The third kappa shape index (κ3) is 6.65. The minimum Gasteiger partial charge on any atom is -0.490 e. The summed E-state index contributed by atoms with van der Waals surface area (Å²) < 4.78 is 24.4. The van der Waals surface area contributed by atoms with E-state index in [-0.39, 0.29) is 43.7 Å². The molecule has 1 aromatic heterocycles. The Balaban J connectivity index is 1.77. The van der Waals surface area contributed by atoms with Crippen molar-refractivity contribution in [1.29, 1.82) is 0 Å². The molecule has 2 aromatic carbocycles. The van der Waals surface area contributed by atoms with Crippen molar-refractivity contribution in [1.82, 2.24) is 15.3 Å². The maximum Gasteiger partial charge on any atom is 0.223 e. The molecular formula is C27H30ClFN4O4. The first-order valence-corrected chi connectivity index (χ1v) is 12.7. The van der Waals surface area contributed by atoms with Gasteiger partial charge in [0, 0.05) is 47.5 Å². The van der Waals surface area contributed by atoms with E-state index in [2.05, 4.69) is 20.6 Å². The minimum atomic E-state index is -0.645. The van der Waals surface area contributed by atoms with E-state index in [1.54, 1.807) is 30.3 Å². The topological polar surface area (TPSA) is 102 Å². The third-order valence-electron chi connectivity index (χ3n) is 6.22. The van der Waals surface area contributed by atoms with Crippen LogP contribution in [0.2, 0.25) is 5.02 Å². The first-order chi connectivity index (χ1) is 17.9. The van der Waals surface area contributed by atoms with Crippen LogP contribution in [0.3, 0.4) is 0 Å². The summed E-state index contributed by atoms with van der Waals surface area (Å²) in [5.41, 5.74) is 1.92. The van der Waals surface area contributed by atoms with E-state index in [9.17, 15) is 14.0 Å². The van der Waals surface area contributed by atoms with E-state index in [0.717, 1.165) is 5.56 Å². The van der Waals surface area contributed by atoms with Gasteiger partial charge in [-0.1, -0.05) is 31.5 Å². The second kappa shape index (κ2) is 12.2. The number of benzene rings is 2. The summed E-state index contributed by atoms with van der Waals surface area (Å²) >= 11 is 6.29. The van der Waals surface area contributed by atoms with Crippen molar-refractivity contribution in [2.24, 2.45) is 11.8 Å². The van der Waals surface area contributed by atoms with Crippen molar-refractivity contribution < 1.29 is 23.5 Å². The number of nitrogens with zero attached hydrogens (tertiary/aromatic N) is 2. The van der Waals surface area contributed by atoms with Gasteiger partial charge in [0.1, 0.15) is 31.2 Å². The van der Waals surface area contributed by atoms with E-state index >= 15 is 0 Å². The highest BCUT2D eigenvalue weighted by molar-refractivity contribution is 6.31. The Hall–Kier alpha value is -3.46. The number of aromatic nitrogens is 2. The predicted molar refractivity (Wildman–Crippen MR) is 141 cm³/mol. The number of ether oxygens (including phenoxy) is 2. The second-order valence-corrected chi connectivity index (χ2v) is 9.70. The number of carbonyl (C=O) groups is 2. The summed E-state index contributed by atoms with van der Waals surface area (Å²) in [6, 6.07) is 8.67. The fourth-order valence-electron chi connectivity index (χ4n) is 4.24. The maximum atomic E-state index is 13.1. The standard InChI is InChI=1S/C27H30ClFN4O4/c1-16(2)20-12-19(34)10-17-4-5-18(28)11-22(17)33-26-21-13-24(36-8-3-7-30-27(20)35)25(37-9-6-29)14-23(21)31-15-32-26/h4-5,11,13-16,20H,3,6-10,12H2,1-2H3,(H,30,35)(H,31,32,33)/t20-/m0/s1. The Morgan fingerprint density at radius 3 is 2.84 bits per heavy atom. The summed E-state index contributed by atoms with van der Waals surface area (Å²) in [4.78, 5) is 34.7. The Morgan fingerprint density at radius 2 is 2.05 bits per heavy atom. The monoisotopic (exact) mass is 528 g/mol. The number of ketones is 1. The van der Waals surface area contributed by atoms with Crippen LogP contribution >= 0.6 is 11.6 Å². The molecule has 8 nitrogen and oxygen atoms in total. The lowest BCUT2D eigenvalue weighted by molar-refractivity contribution is -0.130. The molecule has 37 heavy (non-hydrogen) atoms. The summed E-state index contributed by atoms with van der Waals surface area (Å²) in [6.45, 7) is 3.78. The number of alkyl halides is 1.